The van der Waals surface area contributed by atoms with E-state index < -0.39 is 0 Å². The van der Waals surface area contributed by atoms with Crippen molar-refractivity contribution in [1.82, 2.24) is 5.32 Å². The van der Waals surface area contributed by atoms with Crippen molar-refractivity contribution >= 4 is 0 Å². The molecule has 0 aromatic carbocycles. The van der Waals surface area contributed by atoms with Gasteiger partial charge >= 0.3 is 0 Å². The molecule has 0 aliphatic heterocycles. The van der Waals surface area contributed by atoms with Gasteiger partial charge in [0.25, 0.3) is 0 Å². The highest BCUT2D eigenvalue weighted by Crippen LogP contribution is 1.66. The van der Waals surface area contributed by atoms with E-state index in [1.165, 1.54) is 0 Å². The van der Waals surface area contributed by atoms with E-state index >= 15 is 0 Å². The highest BCUT2D eigenvalue weighted by Gasteiger charge is 1.79. The second kappa shape index (κ2) is 7.48. The van der Waals surface area contributed by atoms with Crippen molar-refractivity contribution in [3.63, 3.8) is 0 Å². The molecule has 0 saturated heterocycles. The predicted octanol–water partition coefficient (Wildman–Crippen LogP) is -0.0519. The molecular weight excluding hydrogens is 112 g/mol. The SMILES string of the molecule is CC#CCNCCCN. The first kappa shape index (κ1) is 8.48. The number of nitrogens with two attached hydrogens (primary N) is 1. The van der Waals surface area contributed by atoms with Crippen molar-refractivity contribution in [3.8, 4) is 11.8 Å². The second-order valence-electron chi connectivity index (χ2n) is 1.75. The van der Waals surface area contributed by atoms with E-state index in [-0.39, 0.29) is 0 Å². The molecule has 0 aromatic rings. The number of rotatable bonds is 4. The minimum absolute atomic E-state index is 0.757. The van der Waals surface area contributed by atoms with Gasteiger partial charge in [-0.25, -0.2) is 0 Å². The summed E-state index contributed by atoms with van der Waals surface area (Å²) in [4.78, 5) is 0. The molecule has 0 unspecified atom stereocenters. The van der Waals surface area contributed by atoms with Gasteiger partial charge in [-0.15, -0.1) is 5.92 Å². The maximum Gasteiger partial charge on any atom is 0.0576 e. The molecule has 0 amide bonds. The van der Waals surface area contributed by atoms with Crippen molar-refractivity contribution in [2.45, 2.75) is 13.3 Å². The van der Waals surface area contributed by atoms with Crippen molar-refractivity contribution in [1.29, 1.82) is 0 Å². The van der Waals surface area contributed by atoms with Crippen molar-refractivity contribution in [2.24, 2.45) is 5.73 Å². The highest BCUT2D eigenvalue weighted by atomic mass is 14.8. The van der Waals surface area contributed by atoms with E-state index in [1.807, 2.05) is 6.92 Å². The summed E-state index contributed by atoms with van der Waals surface area (Å²) >= 11 is 0. The summed E-state index contributed by atoms with van der Waals surface area (Å²) < 4.78 is 0. The van der Waals surface area contributed by atoms with Crippen LogP contribution in [0.4, 0.5) is 0 Å². The largest absolute Gasteiger partial charge is 0.330 e. The van der Waals surface area contributed by atoms with Gasteiger partial charge in [-0.05, 0) is 26.4 Å². The van der Waals surface area contributed by atoms with E-state index in [2.05, 4.69) is 17.2 Å². The molecule has 0 spiro atoms. The first-order valence-corrected chi connectivity index (χ1v) is 3.22. The van der Waals surface area contributed by atoms with Gasteiger partial charge in [-0.3, -0.25) is 0 Å². The Hall–Kier alpha value is -0.520. The van der Waals surface area contributed by atoms with E-state index in [4.69, 9.17) is 5.73 Å². The van der Waals surface area contributed by atoms with Gasteiger partial charge in [0.1, 0.15) is 0 Å². The van der Waals surface area contributed by atoms with E-state index in [0.717, 1.165) is 26.1 Å². The van der Waals surface area contributed by atoms with Crippen LogP contribution in [-0.4, -0.2) is 19.6 Å². The Kier molecular flexibility index (Phi) is 7.05. The molecule has 0 radical (unpaired) electrons. The van der Waals surface area contributed by atoms with Crippen LogP contribution in [0.15, 0.2) is 0 Å². The smallest absolute Gasteiger partial charge is 0.0576 e. The highest BCUT2D eigenvalue weighted by molar-refractivity contribution is 4.96. The average Bonchev–Trinajstić information content (AvgIpc) is 1.89. The van der Waals surface area contributed by atoms with Crippen LogP contribution >= 0.6 is 0 Å². The third-order valence-electron chi connectivity index (χ3n) is 0.948. The van der Waals surface area contributed by atoms with Crippen LogP contribution in [0.3, 0.4) is 0 Å². The molecule has 2 heteroatoms. The van der Waals surface area contributed by atoms with E-state index in [1.54, 1.807) is 0 Å². The fourth-order valence-corrected chi connectivity index (χ4v) is 0.466. The zero-order valence-electron chi connectivity index (χ0n) is 5.91. The Morgan fingerprint density at radius 3 is 2.89 bits per heavy atom. The molecule has 0 aliphatic rings. The molecule has 0 bridgehead atoms. The maximum absolute atomic E-state index is 5.27. The Labute approximate surface area is 56.8 Å². The monoisotopic (exact) mass is 126 g/mol. The number of nitrogens with one attached hydrogen (secondary N) is 1. The van der Waals surface area contributed by atoms with Gasteiger partial charge in [0.05, 0.1) is 6.54 Å². The average molecular weight is 126 g/mol. The van der Waals surface area contributed by atoms with Crippen molar-refractivity contribution in [3.05, 3.63) is 0 Å². The molecule has 2 nitrogen and oxygen atoms in total. The summed E-state index contributed by atoms with van der Waals surface area (Å²) in [5, 5.41) is 3.13. The standard InChI is InChI=1S/C7H14N2/c1-2-3-6-9-7-4-5-8/h9H,4-8H2,1H3. The Morgan fingerprint density at radius 1 is 1.56 bits per heavy atom. The summed E-state index contributed by atoms with van der Waals surface area (Å²) in [6.45, 7) is 4.36. The molecule has 0 aromatic heterocycles. The normalized spacial score (nSPS) is 8.22. The summed E-state index contributed by atoms with van der Waals surface area (Å²) in [6.07, 6.45) is 1.03. The predicted molar refractivity (Wildman–Crippen MR) is 40.0 cm³/mol. The molecule has 0 atom stereocenters. The second-order valence-corrected chi connectivity index (χ2v) is 1.75. The summed E-state index contributed by atoms with van der Waals surface area (Å²) in [5.41, 5.74) is 5.27. The summed E-state index contributed by atoms with van der Waals surface area (Å²) in [7, 11) is 0. The Morgan fingerprint density at radius 2 is 2.33 bits per heavy atom. The molecule has 0 fully saturated rings. The lowest BCUT2D eigenvalue weighted by Gasteiger charge is -1.95. The fraction of sp³-hybridized carbons (Fsp3) is 0.714. The Bertz CT molecular complexity index is 99.2. The van der Waals surface area contributed by atoms with E-state index in [9.17, 15) is 0 Å². The summed E-state index contributed by atoms with van der Waals surface area (Å²) in [5.74, 6) is 5.71. The van der Waals surface area contributed by atoms with Gasteiger partial charge in [-0.1, -0.05) is 5.92 Å². The minimum atomic E-state index is 0.757. The quantitative estimate of drug-likeness (QED) is 0.409. The molecule has 0 saturated carbocycles. The zero-order valence-corrected chi connectivity index (χ0v) is 5.91. The van der Waals surface area contributed by atoms with Gasteiger partial charge in [0, 0.05) is 0 Å². The van der Waals surface area contributed by atoms with Crippen LogP contribution in [0, 0.1) is 11.8 Å². The number of hydrogen-bond acceptors (Lipinski definition) is 2. The first-order valence-electron chi connectivity index (χ1n) is 3.22. The van der Waals surface area contributed by atoms with Gasteiger partial charge in [0.15, 0.2) is 0 Å². The molecule has 52 valence electrons. The van der Waals surface area contributed by atoms with Gasteiger partial charge in [-0.2, -0.15) is 0 Å². The van der Waals surface area contributed by atoms with Gasteiger partial charge < -0.3 is 11.1 Å². The minimum Gasteiger partial charge on any atom is -0.330 e. The molecule has 3 N–H and O–H groups in total. The lowest BCUT2D eigenvalue weighted by molar-refractivity contribution is 0.706. The number of hydrogen-bond donors (Lipinski definition) is 2. The zero-order chi connectivity index (χ0) is 6.95. The van der Waals surface area contributed by atoms with Crippen LogP contribution < -0.4 is 11.1 Å². The van der Waals surface area contributed by atoms with Crippen LogP contribution in [0.1, 0.15) is 13.3 Å². The maximum atomic E-state index is 5.27. The van der Waals surface area contributed by atoms with E-state index in [0.29, 0.717) is 0 Å². The topological polar surface area (TPSA) is 38.0 Å². The Balaban J connectivity index is 2.80. The van der Waals surface area contributed by atoms with Crippen molar-refractivity contribution < 1.29 is 0 Å². The first-order chi connectivity index (χ1) is 4.41. The van der Waals surface area contributed by atoms with Crippen molar-refractivity contribution in [2.75, 3.05) is 19.6 Å². The lowest BCUT2D eigenvalue weighted by Crippen LogP contribution is -2.18. The molecule has 0 heterocycles. The van der Waals surface area contributed by atoms with Crippen LogP contribution in [0.2, 0.25) is 0 Å². The van der Waals surface area contributed by atoms with Gasteiger partial charge in [0.2, 0.25) is 0 Å². The molecule has 9 heavy (non-hydrogen) atoms. The molecule has 0 aliphatic carbocycles. The third-order valence-corrected chi connectivity index (χ3v) is 0.948. The van der Waals surface area contributed by atoms with Crippen LogP contribution in [0.5, 0.6) is 0 Å². The molecule has 0 rings (SSSR count). The fourth-order valence-electron chi connectivity index (χ4n) is 0.466. The van der Waals surface area contributed by atoms with Crippen LogP contribution in [-0.2, 0) is 0 Å². The third kappa shape index (κ3) is 7.48. The summed E-state index contributed by atoms with van der Waals surface area (Å²) in [6, 6.07) is 0. The van der Waals surface area contributed by atoms with Crippen LogP contribution in [0.25, 0.3) is 0 Å². The molecular formula is C7H14N2. The lowest BCUT2D eigenvalue weighted by atomic mass is 10.4.